The van der Waals surface area contributed by atoms with Gasteiger partial charge in [-0.05, 0) is 43.7 Å². The second kappa shape index (κ2) is 7.37. The summed E-state index contributed by atoms with van der Waals surface area (Å²) in [6, 6.07) is 0. The summed E-state index contributed by atoms with van der Waals surface area (Å²) in [7, 11) is 0. The van der Waals surface area contributed by atoms with E-state index in [1.54, 1.807) is 0 Å². The minimum atomic E-state index is 0.836. The molecule has 0 rings (SSSR count). The quantitative estimate of drug-likeness (QED) is 0.641. The molecule has 80 valence electrons. The molecule has 0 saturated carbocycles. The van der Waals surface area contributed by atoms with Crippen molar-refractivity contribution >= 4 is 0 Å². The van der Waals surface area contributed by atoms with Crippen molar-refractivity contribution in [3.05, 3.63) is 0 Å². The Labute approximate surface area is 84.3 Å². The van der Waals surface area contributed by atoms with Crippen LogP contribution in [0, 0.1) is 17.8 Å². The Hall–Kier alpha value is -0.0400. The summed E-state index contributed by atoms with van der Waals surface area (Å²) in [5.74, 6) is 2.55. The Morgan fingerprint density at radius 1 is 0.923 bits per heavy atom. The van der Waals surface area contributed by atoms with Crippen LogP contribution < -0.4 is 5.32 Å². The van der Waals surface area contributed by atoms with Crippen LogP contribution >= 0.6 is 0 Å². The van der Waals surface area contributed by atoms with Crippen molar-refractivity contribution in [2.45, 2.75) is 47.5 Å². The van der Waals surface area contributed by atoms with Crippen LogP contribution in [0.1, 0.15) is 47.5 Å². The van der Waals surface area contributed by atoms with Crippen LogP contribution in [0.3, 0.4) is 0 Å². The lowest BCUT2D eigenvalue weighted by Gasteiger charge is -2.21. The van der Waals surface area contributed by atoms with Crippen molar-refractivity contribution in [2.24, 2.45) is 17.8 Å². The summed E-state index contributed by atoms with van der Waals surface area (Å²) in [5, 5.41) is 3.46. The van der Waals surface area contributed by atoms with Gasteiger partial charge in [0.05, 0.1) is 0 Å². The van der Waals surface area contributed by atoms with E-state index in [0.29, 0.717) is 0 Å². The number of hydrogen-bond donors (Lipinski definition) is 1. The van der Waals surface area contributed by atoms with Crippen LogP contribution in [0.2, 0.25) is 0 Å². The summed E-state index contributed by atoms with van der Waals surface area (Å²) in [6.45, 7) is 13.8. The lowest BCUT2D eigenvalue weighted by Crippen LogP contribution is -2.24. The molecule has 0 aliphatic heterocycles. The van der Waals surface area contributed by atoms with E-state index in [4.69, 9.17) is 0 Å². The van der Waals surface area contributed by atoms with E-state index in [0.717, 1.165) is 24.3 Å². The lowest BCUT2D eigenvalue weighted by molar-refractivity contribution is 0.331. The van der Waals surface area contributed by atoms with Gasteiger partial charge in [-0.3, -0.25) is 0 Å². The summed E-state index contributed by atoms with van der Waals surface area (Å²) < 4.78 is 0. The zero-order chi connectivity index (χ0) is 10.3. The van der Waals surface area contributed by atoms with Gasteiger partial charge in [0.15, 0.2) is 0 Å². The average molecular weight is 185 g/mol. The SMILES string of the molecule is CCNCC(CC(C)C)CC(C)C. The van der Waals surface area contributed by atoms with E-state index in [1.807, 2.05) is 0 Å². The molecule has 0 aromatic heterocycles. The molecular weight excluding hydrogens is 158 g/mol. The molecule has 0 radical (unpaired) electrons. The fraction of sp³-hybridized carbons (Fsp3) is 1.00. The second-order valence-electron chi connectivity index (χ2n) is 4.93. The molecule has 0 atom stereocenters. The van der Waals surface area contributed by atoms with Gasteiger partial charge in [0.25, 0.3) is 0 Å². The Balaban J connectivity index is 3.73. The molecule has 0 spiro atoms. The maximum absolute atomic E-state index is 3.46. The first-order chi connectivity index (χ1) is 6.06. The van der Waals surface area contributed by atoms with E-state index in [-0.39, 0.29) is 0 Å². The van der Waals surface area contributed by atoms with E-state index in [1.165, 1.54) is 19.4 Å². The fourth-order valence-corrected chi connectivity index (χ4v) is 1.94. The molecule has 0 saturated heterocycles. The maximum Gasteiger partial charge on any atom is -0.00204 e. The van der Waals surface area contributed by atoms with Crippen molar-refractivity contribution < 1.29 is 0 Å². The second-order valence-corrected chi connectivity index (χ2v) is 4.93. The van der Waals surface area contributed by atoms with Crippen molar-refractivity contribution in [1.29, 1.82) is 0 Å². The van der Waals surface area contributed by atoms with Crippen molar-refractivity contribution in [3.63, 3.8) is 0 Å². The zero-order valence-electron chi connectivity index (χ0n) is 10.1. The summed E-state index contributed by atoms with van der Waals surface area (Å²) in [5.41, 5.74) is 0. The standard InChI is InChI=1S/C12H27N/c1-6-13-9-12(7-10(2)3)8-11(4)5/h10-13H,6-9H2,1-5H3. The summed E-state index contributed by atoms with van der Waals surface area (Å²) >= 11 is 0. The topological polar surface area (TPSA) is 12.0 Å². The molecule has 0 amide bonds. The van der Waals surface area contributed by atoms with Crippen LogP contribution in [0.15, 0.2) is 0 Å². The highest BCUT2D eigenvalue weighted by Crippen LogP contribution is 2.19. The van der Waals surface area contributed by atoms with Gasteiger partial charge in [0, 0.05) is 0 Å². The van der Waals surface area contributed by atoms with Crippen molar-refractivity contribution in [3.8, 4) is 0 Å². The maximum atomic E-state index is 3.46. The first kappa shape index (κ1) is 13.0. The highest BCUT2D eigenvalue weighted by Gasteiger charge is 2.11. The molecule has 0 aliphatic carbocycles. The zero-order valence-corrected chi connectivity index (χ0v) is 10.1. The van der Waals surface area contributed by atoms with Gasteiger partial charge in [0.1, 0.15) is 0 Å². The predicted molar refractivity (Wildman–Crippen MR) is 60.9 cm³/mol. The molecule has 1 nitrogen and oxygen atoms in total. The number of rotatable bonds is 7. The van der Waals surface area contributed by atoms with E-state index in [9.17, 15) is 0 Å². The fourth-order valence-electron chi connectivity index (χ4n) is 1.94. The summed E-state index contributed by atoms with van der Waals surface area (Å²) in [4.78, 5) is 0. The van der Waals surface area contributed by atoms with Gasteiger partial charge >= 0.3 is 0 Å². The van der Waals surface area contributed by atoms with E-state index in [2.05, 4.69) is 39.9 Å². The molecule has 0 unspecified atom stereocenters. The Kier molecular flexibility index (Phi) is 7.35. The molecule has 13 heavy (non-hydrogen) atoms. The van der Waals surface area contributed by atoms with Gasteiger partial charge in [-0.2, -0.15) is 0 Å². The van der Waals surface area contributed by atoms with Crippen molar-refractivity contribution in [1.82, 2.24) is 5.32 Å². The predicted octanol–water partition coefficient (Wildman–Crippen LogP) is 3.30. The molecule has 0 heterocycles. The van der Waals surface area contributed by atoms with Gasteiger partial charge in [-0.15, -0.1) is 0 Å². The molecule has 1 N–H and O–H groups in total. The molecule has 1 heteroatoms. The monoisotopic (exact) mass is 185 g/mol. The van der Waals surface area contributed by atoms with E-state index >= 15 is 0 Å². The third-order valence-corrected chi connectivity index (χ3v) is 2.29. The minimum Gasteiger partial charge on any atom is -0.317 e. The highest BCUT2D eigenvalue weighted by atomic mass is 14.8. The molecule has 0 bridgehead atoms. The smallest absolute Gasteiger partial charge is 0.00204 e. The molecule has 0 aromatic rings. The largest absolute Gasteiger partial charge is 0.317 e. The Morgan fingerprint density at radius 3 is 1.69 bits per heavy atom. The molecular formula is C12H27N. The number of nitrogens with one attached hydrogen (secondary N) is 1. The van der Waals surface area contributed by atoms with E-state index < -0.39 is 0 Å². The third kappa shape index (κ3) is 8.29. The highest BCUT2D eigenvalue weighted by molar-refractivity contribution is 4.66. The first-order valence-corrected chi connectivity index (χ1v) is 5.76. The van der Waals surface area contributed by atoms with Crippen LogP contribution in [0.25, 0.3) is 0 Å². The molecule has 0 fully saturated rings. The van der Waals surface area contributed by atoms with Crippen molar-refractivity contribution in [2.75, 3.05) is 13.1 Å². The average Bonchev–Trinajstić information content (AvgIpc) is 1.98. The Bertz CT molecular complexity index is 97.7. The van der Waals surface area contributed by atoms with Gasteiger partial charge in [-0.1, -0.05) is 34.6 Å². The lowest BCUT2D eigenvalue weighted by atomic mass is 9.89. The number of hydrogen-bond acceptors (Lipinski definition) is 1. The first-order valence-electron chi connectivity index (χ1n) is 5.76. The third-order valence-electron chi connectivity index (χ3n) is 2.29. The van der Waals surface area contributed by atoms with Gasteiger partial charge in [0.2, 0.25) is 0 Å². The Morgan fingerprint density at radius 2 is 1.38 bits per heavy atom. The minimum absolute atomic E-state index is 0.836. The van der Waals surface area contributed by atoms with Crippen LogP contribution in [0.4, 0.5) is 0 Å². The molecule has 0 aliphatic rings. The van der Waals surface area contributed by atoms with Gasteiger partial charge in [-0.25, -0.2) is 0 Å². The molecule has 0 aromatic carbocycles. The van der Waals surface area contributed by atoms with Crippen LogP contribution in [0.5, 0.6) is 0 Å². The van der Waals surface area contributed by atoms with Gasteiger partial charge < -0.3 is 5.32 Å². The summed E-state index contributed by atoms with van der Waals surface area (Å²) in [6.07, 6.45) is 2.73. The van der Waals surface area contributed by atoms with Crippen LogP contribution in [-0.2, 0) is 0 Å². The normalized spacial score (nSPS) is 12.0. The van der Waals surface area contributed by atoms with Crippen LogP contribution in [-0.4, -0.2) is 13.1 Å².